The average Bonchev–Trinajstić information content (AvgIpc) is 3.03. The smallest absolute Gasteiger partial charge is 0.263 e. The van der Waals surface area contributed by atoms with Gasteiger partial charge in [0.25, 0.3) is 5.56 Å². The minimum absolute atomic E-state index is 0.0391. The second-order valence-electron chi connectivity index (χ2n) is 6.08. The molecule has 8 heteroatoms. The van der Waals surface area contributed by atoms with Crippen molar-refractivity contribution in [3.05, 3.63) is 34.5 Å². The topological polar surface area (TPSA) is 64.4 Å². The maximum absolute atomic E-state index is 12.6. The summed E-state index contributed by atoms with van der Waals surface area (Å²) in [5.41, 5.74) is -0.0882. The molecule has 2 unspecified atom stereocenters. The van der Waals surface area contributed by atoms with Crippen LogP contribution in [0, 0.1) is 0 Å². The van der Waals surface area contributed by atoms with Crippen molar-refractivity contribution in [2.75, 3.05) is 18.8 Å². The molecule has 0 saturated carbocycles. The van der Waals surface area contributed by atoms with Gasteiger partial charge in [-0.1, -0.05) is 17.8 Å². The van der Waals surface area contributed by atoms with Gasteiger partial charge in [0.1, 0.15) is 4.83 Å². The Kier molecular flexibility index (Phi) is 5.61. The van der Waals surface area contributed by atoms with E-state index in [0.717, 1.165) is 0 Å². The fraction of sp³-hybridized carbons (Fsp3) is 0.471. The molecule has 0 radical (unpaired) electrons. The monoisotopic (exact) mass is 379 g/mol. The van der Waals surface area contributed by atoms with Crippen LogP contribution in [0.3, 0.4) is 0 Å². The molecule has 25 heavy (non-hydrogen) atoms. The third kappa shape index (κ3) is 3.96. The molecule has 6 nitrogen and oxygen atoms in total. The Hall–Kier alpha value is -1.64. The molecule has 2 atom stereocenters. The fourth-order valence-corrected chi connectivity index (χ4v) is 4.65. The van der Waals surface area contributed by atoms with Gasteiger partial charge in [0.2, 0.25) is 5.91 Å². The Morgan fingerprint density at radius 1 is 1.48 bits per heavy atom. The van der Waals surface area contributed by atoms with Crippen molar-refractivity contribution in [1.29, 1.82) is 0 Å². The van der Waals surface area contributed by atoms with Crippen molar-refractivity contribution in [2.45, 2.75) is 37.8 Å². The van der Waals surface area contributed by atoms with Crippen LogP contribution in [0.5, 0.6) is 0 Å². The first kappa shape index (κ1) is 18.2. The molecule has 0 aliphatic carbocycles. The number of rotatable bonds is 5. The summed E-state index contributed by atoms with van der Waals surface area (Å²) in [7, 11) is 0. The van der Waals surface area contributed by atoms with Gasteiger partial charge >= 0.3 is 0 Å². The molecule has 3 rings (SSSR count). The van der Waals surface area contributed by atoms with Crippen molar-refractivity contribution in [3.8, 4) is 0 Å². The quantitative estimate of drug-likeness (QED) is 0.453. The third-order valence-corrected chi connectivity index (χ3v) is 5.72. The normalized spacial score (nSPS) is 20.8. The zero-order valence-corrected chi connectivity index (χ0v) is 15.9. The van der Waals surface area contributed by atoms with E-state index in [0.29, 0.717) is 35.0 Å². The van der Waals surface area contributed by atoms with Crippen LogP contribution in [0.25, 0.3) is 10.2 Å². The number of thioether (sulfide) groups is 1. The summed E-state index contributed by atoms with van der Waals surface area (Å²) >= 11 is 2.73. The van der Waals surface area contributed by atoms with Crippen LogP contribution < -0.4 is 5.56 Å². The number of hydrogen-bond donors (Lipinski definition) is 0. The molecule has 2 aromatic heterocycles. The van der Waals surface area contributed by atoms with Crippen molar-refractivity contribution >= 4 is 39.2 Å². The number of thiophene rings is 1. The molecule has 1 amide bonds. The number of carbonyl (C=O) groups is 1. The lowest BCUT2D eigenvalue weighted by Crippen LogP contribution is -2.48. The first-order chi connectivity index (χ1) is 12.0. The molecule has 0 N–H and O–H groups in total. The number of carbonyl (C=O) groups excluding carboxylic acids is 1. The number of hydrogen-bond acceptors (Lipinski definition) is 6. The SMILES string of the molecule is C=CCn1c(SCC(=O)N2CC(C)OC(C)C2)nc2sccc2c1=O. The van der Waals surface area contributed by atoms with Crippen molar-refractivity contribution in [1.82, 2.24) is 14.5 Å². The summed E-state index contributed by atoms with van der Waals surface area (Å²) in [6, 6.07) is 1.78. The standard InChI is InChI=1S/C17H21N3O3S2/c1-4-6-20-16(22)13-5-7-24-15(13)18-17(20)25-10-14(21)19-8-11(2)23-12(3)9-19/h4-5,7,11-12H,1,6,8-10H2,2-3H3. The first-order valence-electron chi connectivity index (χ1n) is 8.14. The van der Waals surface area contributed by atoms with Crippen molar-refractivity contribution < 1.29 is 9.53 Å². The van der Waals surface area contributed by atoms with E-state index >= 15 is 0 Å². The van der Waals surface area contributed by atoms with Gasteiger partial charge in [0, 0.05) is 19.6 Å². The lowest BCUT2D eigenvalue weighted by atomic mass is 10.2. The van der Waals surface area contributed by atoms with Gasteiger partial charge in [-0.3, -0.25) is 14.2 Å². The van der Waals surface area contributed by atoms with Crippen molar-refractivity contribution in [3.63, 3.8) is 0 Å². The molecule has 134 valence electrons. The second kappa shape index (κ2) is 7.72. The lowest BCUT2D eigenvalue weighted by molar-refractivity contribution is -0.140. The van der Waals surface area contributed by atoms with Crippen LogP contribution in [-0.2, 0) is 16.1 Å². The number of allylic oxidation sites excluding steroid dienone is 1. The van der Waals surface area contributed by atoms with E-state index in [1.54, 1.807) is 16.7 Å². The number of morpholine rings is 1. The minimum Gasteiger partial charge on any atom is -0.372 e. The Labute approximate surface area is 154 Å². The highest BCUT2D eigenvalue weighted by Crippen LogP contribution is 2.22. The number of ether oxygens (including phenoxy) is 1. The summed E-state index contributed by atoms with van der Waals surface area (Å²) < 4.78 is 7.24. The van der Waals surface area contributed by atoms with E-state index in [4.69, 9.17) is 4.74 Å². The maximum atomic E-state index is 12.6. The van der Waals surface area contributed by atoms with E-state index in [1.807, 2.05) is 24.1 Å². The molecule has 0 aromatic carbocycles. The van der Waals surface area contributed by atoms with Crippen LogP contribution in [0.1, 0.15) is 13.8 Å². The van der Waals surface area contributed by atoms with E-state index in [1.165, 1.54) is 23.1 Å². The highest BCUT2D eigenvalue weighted by molar-refractivity contribution is 7.99. The van der Waals surface area contributed by atoms with E-state index < -0.39 is 0 Å². The van der Waals surface area contributed by atoms with Crippen molar-refractivity contribution in [2.24, 2.45) is 0 Å². The predicted octanol–water partition coefficient (Wildman–Crippen LogP) is 2.37. The highest BCUT2D eigenvalue weighted by atomic mass is 32.2. The molecule has 3 heterocycles. The summed E-state index contributed by atoms with van der Waals surface area (Å²) in [6.07, 6.45) is 1.74. The zero-order chi connectivity index (χ0) is 18.0. The van der Waals surface area contributed by atoms with Crippen LogP contribution in [0.15, 0.2) is 34.1 Å². The van der Waals surface area contributed by atoms with Gasteiger partial charge in [0.05, 0.1) is 23.3 Å². The minimum atomic E-state index is -0.0882. The van der Waals surface area contributed by atoms with E-state index in [-0.39, 0.29) is 29.4 Å². The first-order valence-corrected chi connectivity index (χ1v) is 10.0. The largest absolute Gasteiger partial charge is 0.372 e. The Morgan fingerprint density at radius 2 is 2.20 bits per heavy atom. The molecule has 1 aliphatic heterocycles. The lowest BCUT2D eigenvalue weighted by Gasteiger charge is -2.35. The van der Waals surface area contributed by atoms with Crippen LogP contribution in [0.2, 0.25) is 0 Å². The number of aromatic nitrogens is 2. The van der Waals surface area contributed by atoms with E-state index in [2.05, 4.69) is 11.6 Å². The molecule has 1 fully saturated rings. The molecular weight excluding hydrogens is 358 g/mol. The Morgan fingerprint density at radius 3 is 2.88 bits per heavy atom. The number of amides is 1. The van der Waals surface area contributed by atoms with Gasteiger partial charge in [-0.25, -0.2) is 4.98 Å². The summed E-state index contributed by atoms with van der Waals surface area (Å²) in [4.78, 5) is 32.2. The van der Waals surface area contributed by atoms with Gasteiger partial charge < -0.3 is 9.64 Å². The second-order valence-corrected chi connectivity index (χ2v) is 7.92. The number of fused-ring (bicyclic) bond motifs is 1. The summed E-state index contributed by atoms with van der Waals surface area (Å²) in [5.74, 6) is 0.289. The molecule has 1 saturated heterocycles. The molecule has 1 aliphatic rings. The molecular formula is C17H21N3O3S2. The van der Waals surface area contributed by atoms with E-state index in [9.17, 15) is 9.59 Å². The van der Waals surface area contributed by atoms with Crippen LogP contribution in [-0.4, -0.2) is 51.4 Å². The Bertz CT molecular complexity index is 835. The van der Waals surface area contributed by atoms with Gasteiger partial charge in [-0.15, -0.1) is 17.9 Å². The fourth-order valence-electron chi connectivity index (χ4n) is 2.93. The predicted molar refractivity (Wildman–Crippen MR) is 101 cm³/mol. The van der Waals surface area contributed by atoms with Crippen LogP contribution >= 0.6 is 23.1 Å². The maximum Gasteiger partial charge on any atom is 0.263 e. The Balaban J connectivity index is 1.78. The summed E-state index contributed by atoms with van der Waals surface area (Å²) in [5, 5.41) is 3.02. The van der Waals surface area contributed by atoms with Gasteiger partial charge in [-0.05, 0) is 25.3 Å². The number of nitrogens with zero attached hydrogens (tertiary/aromatic N) is 3. The summed E-state index contributed by atoms with van der Waals surface area (Å²) in [6.45, 7) is 9.22. The highest BCUT2D eigenvalue weighted by Gasteiger charge is 2.26. The van der Waals surface area contributed by atoms with Crippen LogP contribution in [0.4, 0.5) is 0 Å². The zero-order valence-electron chi connectivity index (χ0n) is 14.3. The average molecular weight is 380 g/mol. The van der Waals surface area contributed by atoms with Gasteiger partial charge in [-0.2, -0.15) is 0 Å². The molecule has 0 bridgehead atoms. The van der Waals surface area contributed by atoms with Gasteiger partial charge in [0.15, 0.2) is 5.16 Å². The third-order valence-electron chi connectivity index (χ3n) is 3.96. The molecule has 0 spiro atoms. The molecule has 2 aromatic rings.